The van der Waals surface area contributed by atoms with Crippen molar-refractivity contribution in [2.45, 2.75) is 56.5 Å². The number of nitrogens with zero attached hydrogens (tertiary/aromatic N) is 1. The highest BCUT2D eigenvalue weighted by Crippen LogP contribution is 2.28. The summed E-state index contributed by atoms with van der Waals surface area (Å²) in [7, 11) is -3.64. The lowest BCUT2D eigenvalue weighted by molar-refractivity contribution is -0.139. The molecule has 1 aliphatic carbocycles. The fourth-order valence-corrected chi connectivity index (χ4v) is 5.21. The molecule has 0 spiro atoms. The van der Waals surface area contributed by atoms with Crippen LogP contribution in [0.15, 0.2) is 23.1 Å². The molecule has 2 amide bonds. The van der Waals surface area contributed by atoms with Gasteiger partial charge in [0.15, 0.2) is 0 Å². The van der Waals surface area contributed by atoms with E-state index in [1.165, 1.54) is 4.31 Å². The molecule has 0 bridgehead atoms. The van der Waals surface area contributed by atoms with Crippen LogP contribution < -0.4 is 10.6 Å². The number of amides is 2. The summed E-state index contributed by atoms with van der Waals surface area (Å²) >= 11 is 0. The summed E-state index contributed by atoms with van der Waals surface area (Å²) in [6.07, 6.45) is 3.21. The molecule has 1 aromatic carbocycles. The van der Waals surface area contributed by atoms with E-state index >= 15 is 0 Å². The Kier molecular flexibility index (Phi) is 5.34. The Morgan fingerprint density at radius 2 is 1.88 bits per heavy atom. The molecule has 3 rings (SSSR count). The van der Waals surface area contributed by atoms with Crippen LogP contribution in [0.1, 0.15) is 36.8 Å². The molecule has 1 saturated heterocycles. The fraction of sp³-hybridized carbons (Fsp3) is 0.556. The third kappa shape index (κ3) is 4.07. The van der Waals surface area contributed by atoms with Crippen LogP contribution in [0.5, 0.6) is 0 Å². The number of hydrogen-bond donors (Lipinski definition) is 2. The van der Waals surface area contributed by atoms with Gasteiger partial charge in [0.25, 0.3) is 0 Å². The van der Waals surface area contributed by atoms with Crippen molar-refractivity contribution in [2.24, 2.45) is 0 Å². The number of carbonyl (C=O) groups excluding carboxylic acids is 2. The summed E-state index contributed by atoms with van der Waals surface area (Å²) in [5.74, 6) is -1.35. The van der Waals surface area contributed by atoms with Gasteiger partial charge in [0.1, 0.15) is 0 Å². The first-order chi connectivity index (χ1) is 12.3. The molecule has 8 heteroatoms. The van der Waals surface area contributed by atoms with Crippen molar-refractivity contribution in [3.05, 3.63) is 29.3 Å². The lowest BCUT2D eigenvalue weighted by atomic mass is 10.2. The average molecular weight is 379 g/mol. The number of rotatable bonds is 5. The summed E-state index contributed by atoms with van der Waals surface area (Å²) in [6.45, 7) is 4.20. The molecule has 0 aromatic heterocycles. The Labute approximate surface area is 154 Å². The van der Waals surface area contributed by atoms with E-state index in [9.17, 15) is 18.0 Å². The van der Waals surface area contributed by atoms with E-state index in [-0.39, 0.29) is 18.6 Å². The Hall–Kier alpha value is -1.93. The number of nitrogens with one attached hydrogen (secondary N) is 2. The quantitative estimate of drug-likeness (QED) is 0.742. The first-order valence-electron chi connectivity index (χ1n) is 8.97. The van der Waals surface area contributed by atoms with Crippen molar-refractivity contribution >= 4 is 21.8 Å². The second-order valence-electron chi connectivity index (χ2n) is 7.14. The number of sulfonamides is 1. The SMILES string of the molecule is Cc1ccc(C)c(S(=O)(=O)N2CCC[C@H]2CNC(=O)C(=O)NC2CC2)c1. The molecule has 26 heavy (non-hydrogen) atoms. The largest absolute Gasteiger partial charge is 0.346 e. The van der Waals surface area contributed by atoms with E-state index in [4.69, 9.17) is 0 Å². The molecular formula is C18H25N3O4S. The summed E-state index contributed by atoms with van der Waals surface area (Å²) < 4.78 is 27.6. The minimum absolute atomic E-state index is 0.112. The van der Waals surface area contributed by atoms with Gasteiger partial charge < -0.3 is 10.6 Å². The lowest BCUT2D eigenvalue weighted by Gasteiger charge is -2.25. The zero-order valence-corrected chi connectivity index (χ0v) is 15.9. The molecule has 1 atom stereocenters. The van der Waals surface area contributed by atoms with Gasteiger partial charge >= 0.3 is 11.8 Å². The van der Waals surface area contributed by atoms with Crippen molar-refractivity contribution in [2.75, 3.05) is 13.1 Å². The maximum absolute atomic E-state index is 13.1. The Bertz CT molecular complexity index is 818. The highest BCUT2D eigenvalue weighted by molar-refractivity contribution is 7.89. The maximum atomic E-state index is 13.1. The topological polar surface area (TPSA) is 95.6 Å². The minimum Gasteiger partial charge on any atom is -0.346 e. The summed E-state index contributed by atoms with van der Waals surface area (Å²) in [6, 6.07) is 5.14. The van der Waals surface area contributed by atoms with Gasteiger partial charge in [-0.15, -0.1) is 0 Å². The van der Waals surface area contributed by atoms with E-state index < -0.39 is 21.8 Å². The zero-order chi connectivity index (χ0) is 18.9. The van der Waals surface area contributed by atoms with Crippen molar-refractivity contribution in [3.63, 3.8) is 0 Å². The number of hydrogen-bond acceptors (Lipinski definition) is 4. The van der Waals surface area contributed by atoms with Crippen LogP contribution in [0.3, 0.4) is 0 Å². The molecule has 142 valence electrons. The molecule has 7 nitrogen and oxygen atoms in total. The van der Waals surface area contributed by atoms with Gasteiger partial charge in [-0.2, -0.15) is 4.31 Å². The van der Waals surface area contributed by atoms with Crippen LogP contribution >= 0.6 is 0 Å². The van der Waals surface area contributed by atoms with Crippen LogP contribution in [-0.4, -0.2) is 49.7 Å². The van der Waals surface area contributed by atoms with Gasteiger partial charge in [-0.05, 0) is 56.7 Å². The third-order valence-corrected chi connectivity index (χ3v) is 6.96. The van der Waals surface area contributed by atoms with E-state index in [2.05, 4.69) is 10.6 Å². The van der Waals surface area contributed by atoms with E-state index in [0.29, 0.717) is 23.4 Å². The Morgan fingerprint density at radius 1 is 1.15 bits per heavy atom. The predicted molar refractivity (Wildman–Crippen MR) is 97.0 cm³/mol. The van der Waals surface area contributed by atoms with Gasteiger partial charge in [-0.1, -0.05) is 12.1 Å². The molecular weight excluding hydrogens is 354 g/mol. The van der Waals surface area contributed by atoms with E-state index in [0.717, 1.165) is 24.8 Å². The highest BCUT2D eigenvalue weighted by atomic mass is 32.2. The van der Waals surface area contributed by atoms with Gasteiger partial charge in [0.05, 0.1) is 4.90 Å². The van der Waals surface area contributed by atoms with Gasteiger partial charge in [-0.25, -0.2) is 8.42 Å². The zero-order valence-electron chi connectivity index (χ0n) is 15.1. The maximum Gasteiger partial charge on any atom is 0.309 e. The number of benzene rings is 1. The number of aryl methyl sites for hydroxylation is 2. The van der Waals surface area contributed by atoms with E-state index in [1.54, 1.807) is 19.1 Å². The molecule has 1 aliphatic heterocycles. The van der Waals surface area contributed by atoms with Crippen LogP contribution in [-0.2, 0) is 19.6 Å². The van der Waals surface area contributed by atoms with Gasteiger partial charge in [0.2, 0.25) is 10.0 Å². The van der Waals surface area contributed by atoms with Crippen LogP contribution in [0.2, 0.25) is 0 Å². The van der Waals surface area contributed by atoms with Gasteiger partial charge in [-0.3, -0.25) is 9.59 Å². The molecule has 2 aliphatic rings. The minimum atomic E-state index is -3.64. The standard InChI is InChI=1S/C18H25N3O4S/c1-12-5-6-13(2)16(10-12)26(24,25)21-9-3-4-15(21)11-19-17(22)18(23)20-14-7-8-14/h5-6,10,14-15H,3-4,7-9,11H2,1-2H3,(H,19,22)(H,20,23)/t15-/m0/s1. The number of carbonyl (C=O) groups is 2. The van der Waals surface area contributed by atoms with Crippen LogP contribution in [0, 0.1) is 13.8 Å². The molecule has 2 N–H and O–H groups in total. The molecule has 1 saturated carbocycles. The summed E-state index contributed by atoms with van der Waals surface area (Å²) in [5.41, 5.74) is 1.59. The van der Waals surface area contributed by atoms with E-state index in [1.807, 2.05) is 13.0 Å². The Balaban J connectivity index is 1.68. The molecule has 2 fully saturated rings. The second kappa shape index (κ2) is 7.36. The second-order valence-corrected chi connectivity index (χ2v) is 9.00. The third-order valence-electron chi connectivity index (χ3n) is 4.87. The van der Waals surface area contributed by atoms with Crippen LogP contribution in [0.25, 0.3) is 0 Å². The molecule has 1 aromatic rings. The lowest BCUT2D eigenvalue weighted by Crippen LogP contribution is -2.47. The Morgan fingerprint density at radius 3 is 2.58 bits per heavy atom. The van der Waals surface area contributed by atoms with Crippen molar-refractivity contribution in [3.8, 4) is 0 Å². The van der Waals surface area contributed by atoms with Crippen molar-refractivity contribution < 1.29 is 18.0 Å². The molecule has 0 unspecified atom stereocenters. The average Bonchev–Trinajstić information content (AvgIpc) is 3.27. The molecule has 1 heterocycles. The van der Waals surface area contributed by atoms with Crippen LogP contribution in [0.4, 0.5) is 0 Å². The first kappa shape index (κ1) is 18.8. The molecule has 0 radical (unpaired) electrons. The normalized spacial score (nSPS) is 20.8. The summed E-state index contributed by atoms with van der Waals surface area (Å²) in [5, 5.41) is 5.21. The van der Waals surface area contributed by atoms with Crippen molar-refractivity contribution in [1.82, 2.24) is 14.9 Å². The fourth-order valence-electron chi connectivity index (χ4n) is 3.21. The smallest absolute Gasteiger partial charge is 0.309 e. The predicted octanol–water partition coefficient (Wildman–Crippen LogP) is 0.851. The summed E-state index contributed by atoms with van der Waals surface area (Å²) in [4.78, 5) is 23.9. The first-order valence-corrected chi connectivity index (χ1v) is 10.4. The van der Waals surface area contributed by atoms with Gasteiger partial charge in [0, 0.05) is 25.2 Å². The monoisotopic (exact) mass is 379 g/mol. The van der Waals surface area contributed by atoms with Crippen molar-refractivity contribution in [1.29, 1.82) is 0 Å². The highest BCUT2D eigenvalue weighted by Gasteiger charge is 2.36.